The van der Waals surface area contributed by atoms with Crippen LogP contribution in [0.15, 0.2) is 29.8 Å². The van der Waals surface area contributed by atoms with Crippen LogP contribution < -0.4 is 16.0 Å². The number of benzene rings is 1. The van der Waals surface area contributed by atoms with Crippen LogP contribution in [-0.2, 0) is 4.79 Å². The third-order valence-electron chi connectivity index (χ3n) is 2.36. The van der Waals surface area contributed by atoms with E-state index < -0.39 is 29.0 Å². The Labute approximate surface area is 143 Å². The van der Waals surface area contributed by atoms with Gasteiger partial charge in [-0.2, -0.15) is 0 Å². The molecule has 122 valence electrons. The first-order chi connectivity index (χ1) is 9.99. The van der Waals surface area contributed by atoms with E-state index in [1.54, 1.807) is 6.08 Å². The monoisotopic (exact) mass is 428 g/mol. The van der Waals surface area contributed by atoms with E-state index in [2.05, 4.69) is 27.5 Å². The minimum atomic E-state index is -1.63. The lowest BCUT2D eigenvalue weighted by molar-refractivity contribution is -0.115. The van der Waals surface area contributed by atoms with E-state index in [-0.39, 0.29) is 30.5 Å². The summed E-state index contributed by atoms with van der Waals surface area (Å²) < 4.78 is 39.1. The molecule has 0 spiro atoms. The summed E-state index contributed by atoms with van der Waals surface area (Å²) in [6.07, 6.45) is 1.60. The average molecular weight is 428 g/mol. The molecule has 5 nitrogen and oxygen atoms in total. The standard InChI is InChI=1S/C13H15F3N4O.HI/c1-3-6-18-13(17-2)19-7-10(21)20-9-5-4-8(14)11(15)12(9)16;/h3-5H,1,6-7H2,2H3,(H,20,21)(H2,17,18,19);1H. The number of rotatable bonds is 5. The first kappa shape index (κ1) is 20.2. The summed E-state index contributed by atoms with van der Waals surface area (Å²) in [6, 6.07) is 1.67. The van der Waals surface area contributed by atoms with E-state index in [1.807, 2.05) is 0 Å². The van der Waals surface area contributed by atoms with Crippen LogP contribution in [0.3, 0.4) is 0 Å². The molecule has 9 heteroatoms. The summed E-state index contributed by atoms with van der Waals surface area (Å²) in [5, 5.41) is 7.61. The van der Waals surface area contributed by atoms with E-state index in [0.717, 1.165) is 12.1 Å². The second kappa shape index (κ2) is 10.0. The maximum absolute atomic E-state index is 13.4. The van der Waals surface area contributed by atoms with Gasteiger partial charge in [-0.25, -0.2) is 13.2 Å². The lowest BCUT2D eigenvalue weighted by Crippen LogP contribution is -2.41. The van der Waals surface area contributed by atoms with Gasteiger partial charge in [0.1, 0.15) is 0 Å². The zero-order chi connectivity index (χ0) is 15.8. The summed E-state index contributed by atoms with van der Waals surface area (Å²) >= 11 is 0. The maximum Gasteiger partial charge on any atom is 0.243 e. The van der Waals surface area contributed by atoms with Gasteiger partial charge in [0.15, 0.2) is 23.4 Å². The summed E-state index contributed by atoms with van der Waals surface area (Å²) in [6.45, 7) is 3.73. The molecule has 0 unspecified atom stereocenters. The highest BCUT2D eigenvalue weighted by atomic mass is 127. The molecule has 0 fully saturated rings. The van der Waals surface area contributed by atoms with Gasteiger partial charge in [-0.05, 0) is 12.1 Å². The molecule has 0 aliphatic carbocycles. The van der Waals surface area contributed by atoms with Crippen molar-refractivity contribution in [3.8, 4) is 0 Å². The quantitative estimate of drug-likeness (QED) is 0.221. The highest BCUT2D eigenvalue weighted by molar-refractivity contribution is 14.0. The van der Waals surface area contributed by atoms with Crippen LogP contribution in [0.1, 0.15) is 0 Å². The highest BCUT2D eigenvalue weighted by Crippen LogP contribution is 2.19. The van der Waals surface area contributed by atoms with E-state index >= 15 is 0 Å². The normalized spacial score (nSPS) is 10.5. The Morgan fingerprint density at radius 1 is 1.27 bits per heavy atom. The minimum absolute atomic E-state index is 0. The van der Waals surface area contributed by atoms with Crippen LogP contribution in [0, 0.1) is 17.5 Å². The predicted molar refractivity (Wildman–Crippen MR) is 89.9 cm³/mol. The van der Waals surface area contributed by atoms with Crippen molar-refractivity contribution >= 4 is 41.5 Å². The van der Waals surface area contributed by atoms with Crippen molar-refractivity contribution in [2.75, 3.05) is 25.5 Å². The molecule has 1 amide bonds. The number of carbonyl (C=O) groups excluding carboxylic acids is 1. The Kier molecular flexibility index (Phi) is 9.22. The lowest BCUT2D eigenvalue weighted by Gasteiger charge is -2.11. The smallest absolute Gasteiger partial charge is 0.243 e. The zero-order valence-corrected chi connectivity index (χ0v) is 14.1. The molecule has 0 heterocycles. The number of nitrogens with zero attached hydrogens (tertiary/aromatic N) is 1. The molecule has 0 radical (unpaired) electrons. The summed E-state index contributed by atoms with van der Waals surface area (Å²) in [5.74, 6) is -4.70. The molecular formula is C13H16F3IN4O. The number of hydrogen-bond acceptors (Lipinski definition) is 2. The number of halogens is 4. The number of carbonyl (C=O) groups is 1. The number of anilines is 1. The van der Waals surface area contributed by atoms with Crippen LogP contribution in [0.2, 0.25) is 0 Å². The van der Waals surface area contributed by atoms with E-state index in [1.165, 1.54) is 7.05 Å². The third-order valence-corrected chi connectivity index (χ3v) is 2.36. The molecule has 1 aromatic rings. The van der Waals surface area contributed by atoms with Crippen LogP contribution in [-0.4, -0.2) is 32.0 Å². The molecule has 22 heavy (non-hydrogen) atoms. The Hall–Kier alpha value is -1.78. The molecule has 3 N–H and O–H groups in total. The first-order valence-corrected chi connectivity index (χ1v) is 5.98. The number of hydrogen-bond donors (Lipinski definition) is 3. The highest BCUT2D eigenvalue weighted by Gasteiger charge is 2.15. The number of nitrogens with one attached hydrogen (secondary N) is 3. The van der Waals surface area contributed by atoms with Crippen LogP contribution in [0.5, 0.6) is 0 Å². The van der Waals surface area contributed by atoms with Gasteiger partial charge in [-0.15, -0.1) is 30.6 Å². The largest absolute Gasteiger partial charge is 0.353 e. The van der Waals surface area contributed by atoms with Crippen molar-refractivity contribution in [3.05, 3.63) is 42.2 Å². The average Bonchev–Trinajstić information content (AvgIpc) is 2.48. The fourth-order valence-electron chi connectivity index (χ4n) is 1.37. The fourth-order valence-corrected chi connectivity index (χ4v) is 1.37. The van der Waals surface area contributed by atoms with Gasteiger partial charge in [0.25, 0.3) is 0 Å². The number of amides is 1. The van der Waals surface area contributed by atoms with Crippen molar-refractivity contribution in [3.63, 3.8) is 0 Å². The van der Waals surface area contributed by atoms with E-state index in [4.69, 9.17) is 0 Å². The fraction of sp³-hybridized carbons (Fsp3) is 0.231. The molecule has 0 aliphatic heterocycles. The van der Waals surface area contributed by atoms with Gasteiger partial charge in [0.2, 0.25) is 5.91 Å². The Morgan fingerprint density at radius 3 is 2.55 bits per heavy atom. The molecule has 0 aliphatic rings. The third kappa shape index (κ3) is 5.92. The Morgan fingerprint density at radius 2 is 1.95 bits per heavy atom. The summed E-state index contributed by atoms with van der Waals surface area (Å²) in [5.41, 5.74) is -0.435. The van der Waals surface area contributed by atoms with Crippen LogP contribution in [0.4, 0.5) is 18.9 Å². The van der Waals surface area contributed by atoms with Crippen molar-refractivity contribution < 1.29 is 18.0 Å². The number of guanidine groups is 1. The summed E-state index contributed by atoms with van der Waals surface area (Å²) in [4.78, 5) is 15.4. The second-order valence-electron chi connectivity index (χ2n) is 3.87. The molecule has 0 bridgehead atoms. The van der Waals surface area contributed by atoms with E-state index in [9.17, 15) is 18.0 Å². The molecule has 1 rings (SSSR count). The molecule has 0 aromatic heterocycles. The van der Waals surface area contributed by atoms with Gasteiger partial charge in [-0.1, -0.05) is 6.08 Å². The first-order valence-electron chi connectivity index (χ1n) is 5.98. The number of aliphatic imine (C=N–C) groups is 1. The van der Waals surface area contributed by atoms with Gasteiger partial charge in [-0.3, -0.25) is 9.79 Å². The SMILES string of the molecule is C=CCNC(=NC)NCC(=O)Nc1ccc(F)c(F)c1F.I. The van der Waals surface area contributed by atoms with Crippen LogP contribution in [0.25, 0.3) is 0 Å². The van der Waals surface area contributed by atoms with Crippen molar-refractivity contribution in [1.29, 1.82) is 0 Å². The lowest BCUT2D eigenvalue weighted by atomic mass is 10.2. The van der Waals surface area contributed by atoms with E-state index in [0.29, 0.717) is 12.5 Å². The van der Waals surface area contributed by atoms with Gasteiger partial charge >= 0.3 is 0 Å². The molecule has 0 atom stereocenters. The van der Waals surface area contributed by atoms with Gasteiger partial charge in [0.05, 0.1) is 12.2 Å². The maximum atomic E-state index is 13.4. The Bertz CT molecular complexity index is 566. The molecule has 0 saturated carbocycles. The molecule has 0 saturated heterocycles. The minimum Gasteiger partial charge on any atom is -0.353 e. The van der Waals surface area contributed by atoms with Crippen LogP contribution >= 0.6 is 24.0 Å². The zero-order valence-electron chi connectivity index (χ0n) is 11.8. The van der Waals surface area contributed by atoms with Gasteiger partial charge < -0.3 is 16.0 Å². The predicted octanol–water partition coefficient (Wildman–Crippen LogP) is 2.01. The van der Waals surface area contributed by atoms with Crippen molar-refractivity contribution in [2.45, 2.75) is 0 Å². The van der Waals surface area contributed by atoms with Crippen molar-refractivity contribution in [2.24, 2.45) is 4.99 Å². The Balaban J connectivity index is 0.00000441. The summed E-state index contributed by atoms with van der Waals surface area (Å²) in [7, 11) is 1.51. The molecular weight excluding hydrogens is 412 g/mol. The second-order valence-corrected chi connectivity index (χ2v) is 3.87. The van der Waals surface area contributed by atoms with Gasteiger partial charge in [0, 0.05) is 13.6 Å². The van der Waals surface area contributed by atoms with Crippen molar-refractivity contribution in [1.82, 2.24) is 10.6 Å². The molecule has 1 aromatic carbocycles. The topological polar surface area (TPSA) is 65.5 Å².